The van der Waals surface area contributed by atoms with Gasteiger partial charge in [-0.15, -0.1) is 0 Å². The molecule has 3 nitrogen and oxygen atoms in total. The summed E-state index contributed by atoms with van der Waals surface area (Å²) in [5.41, 5.74) is 0.00556. The van der Waals surface area contributed by atoms with E-state index in [2.05, 4.69) is 20.8 Å². The first kappa shape index (κ1) is 15.3. The summed E-state index contributed by atoms with van der Waals surface area (Å²) in [5, 5.41) is 0. The highest BCUT2D eigenvalue weighted by atomic mass is 16.7. The van der Waals surface area contributed by atoms with E-state index >= 15 is 0 Å². The third-order valence-corrected chi connectivity index (χ3v) is 2.80. The minimum Gasteiger partial charge on any atom is -0.434 e. The van der Waals surface area contributed by atoms with Crippen molar-refractivity contribution < 1.29 is 14.3 Å². The molecule has 3 heteroatoms. The van der Waals surface area contributed by atoms with E-state index in [0.29, 0.717) is 12.5 Å². The van der Waals surface area contributed by atoms with Crippen LogP contribution in [-0.4, -0.2) is 18.9 Å². The van der Waals surface area contributed by atoms with Gasteiger partial charge in [-0.1, -0.05) is 41.0 Å². The first-order valence-electron chi connectivity index (χ1n) is 6.13. The van der Waals surface area contributed by atoms with E-state index in [0.717, 1.165) is 12.8 Å². The van der Waals surface area contributed by atoms with E-state index in [4.69, 9.17) is 9.47 Å². The molecule has 16 heavy (non-hydrogen) atoms. The van der Waals surface area contributed by atoms with Gasteiger partial charge < -0.3 is 9.47 Å². The molecule has 0 aliphatic rings. The molecule has 0 aliphatic carbocycles. The van der Waals surface area contributed by atoms with Crippen molar-refractivity contribution in [2.45, 2.75) is 60.5 Å². The predicted molar refractivity (Wildman–Crippen MR) is 65.4 cm³/mol. The van der Waals surface area contributed by atoms with Gasteiger partial charge in [-0.2, -0.15) is 0 Å². The molecular weight excluding hydrogens is 204 g/mol. The first-order chi connectivity index (χ1) is 7.29. The Morgan fingerprint density at radius 2 is 1.81 bits per heavy atom. The molecule has 0 N–H and O–H groups in total. The average Bonchev–Trinajstić information content (AvgIpc) is 2.14. The van der Waals surface area contributed by atoms with Gasteiger partial charge in [-0.3, -0.25) is 0 Å². The predicted octanol–water partition coefficient (Wildman–Crippen LogP) is 4.01. The van der Waals surface area contributed by atoms with E-state index in [1.807, 2.05) is 20.8 Å². The number of rotatable bonds is 6. The fourth-order valence-electron chi connectivity index (χ4n) is 1.42. The lowest BCUT2D eigenvalue weighted by atomic mass is 9.83. The Morgan fingerprint density at radius 3 is 2.25 bits per heavy atom. The lowest BCUT2D eigenvalue weighted by Gasteiger charge is -2.30. The van der Waals surface area contributed by atoms with Gasteiger partial charge in [-0.05, 0) is 19.3 Å². The molecule has 0 aromatic carbocycles. The zero-order valence-electron chi connectivity index (χ0n) is 11.5. The molecule has 0 aromatic heterocycles. The topological polar surface area (TPSA) is 35.5 Å². The van der Waals surface area contributed by atoms with Crippen LogP contribution in [0.3, 0.4) is 0 Å². The van der Waals surface area contributed by atoms with Gasteiger partial charge in [0.2, 0.25) is 0 Å². The van der Waals surface area contributed by atoms with Crippen LogP contribution in [-0.2, 0) is 9.47 Å². The molecule has 0 rings (SSSR count). The Labute approximate surface area is 99.5 Å². The Bertz CT molecular complexity index is 209. The number of carbonyl (C=O) groups is 1. The fraction of sp³-hybridized carbons (Fsp3) is 0.923. The molecule has 0 saturated heterocycles. The molecule has 0 aliphatic heterocycles. The summed E-state index contributed by atoms with van der Waals surface area (Å²) in [6, 6.07) is 0. The summed E-state index contributed by atoms with van der Waals surface area (Å²) in [7, 11) is 0. The van der Waals surface area contributed by atoms with E-state index in [1.165, 1.54) is 0 Å². The maximum absolute atomic E-state index is 11.4. The van der Waals surface area contributed by atoms with Gasteiger partial charge in [0.15, 0.2) is 0 Å². The fourth-order valence-corrected chi connectivity index (χ4v) is 1.42. The summed E-state index contributed by atoms with van der Waals surface area (Å²) < 4.78 is 10.2. The monoisotopic (exact) mass is 230 g/mol. The van der Waals surface area contributed by atoms with Gasteiger partial charge in [-0.25, -0.2) is 4.79 Å². The van der Waals surface area contributed by atoms with Crippen LogP contribution in [0.4, 0.5) is 4.79 Å². The molecule has 1 unspecified atom stereocenters. The smallest absolute Gasteiger partial charge is 0.434 e. The SMILES string of the molecule is CCCC(C)(C)C(C)OC(=O)OCC(C)C. The summed E-state index contributed by atoms with van der Waals surface area (Å²) in [5.74, 6) is 0.339. The first-order valence-corrected chi connectivity index (χ1v) is 6.13. The second-order valence-electron chi connectivity index (χ2n) is 5.45. The number of hydrogen-bond donors (Lipinski definition) is 0. The second kappa shape index (κ2) is 6.77. The molecular formula is C13H26O3. The molecule has 0 radical (unpaired) electrons. The number of hydrogen-bond acceptors (Lipinski definition) is 3. The van der Waals surface area contributed by atoms with Crippen LogP contribution in [0.2, 0.25) is 0 Å². The average molecular weight is 230 g/mol. The summed E-state index contributed by atoms with van der Waals surface area (Å²) in [6.45, 7) is 12.7. The lowest BCUT2D eigenvalue weighted by molar-refractivity contribution is -0.0201. The van der Waals surface area contributed by atoms with E-state index in [-0.39, 0.29) is 11.5 Å². The minimum absolute atomic E-state index is 0.00556. The van der Waals surface area contributed by atoms with Crippen LogP contribution in [0, 0.1) is 11.3 Å². The summed E-state index contributed by atoms with van der Waals surface area (Å²) in [4.78, 5) is 11.4. The van der Waals surface area contributed by atoms with Crippen LogP contribution in [0.5, 0.6) is 0 Å². The molecule has 0 bridgehead atoms. The van der Waals surface area contributed by atoms with E-state index in [1.54, 1.807) is 0 Å². The Balaban J connectivity index is 4.03. The molecule has 0 fully saturated rings. The van der Waals surface area contributed by atoms with Crippen LogP contribution in [0.15, 0.2) is 0 Å². The van der Waals surface area contributed by atoms with Crippen molar-refractivity contribution in [2.75, 3.05) is 6.61 Å². The van der Waals surface area contributed by atoms with Gasteiger partial charge >= 0.3 is 6.16 Å². The standard InChI is InChI=1S/C13H26O3/c1-7-8-13(5,6)11(4)16-12(14)15-9-10(2)3/h10-11H,7-9H2,1-6H3. The third kappa shape index (κ3) is 5.99. The molecule has 0 heterocycles. The van der Waals surface area contributed by atoms with Crippen molar-refractivity contribution >= 4 is 6.16 Å². The maximum atomic E-state index is 11.4. The van der Waals surface area contributed by atoms with E-state index in [9.17, 15) is 4.79 Å². The quantitative estimate of drug-likeness (QED) is 0.647. The van der Waals surface area contributed by atoms with Crippen molar-refractivity contribution in [3.05, 3.63) is 0 Å². The number of carbonyl (C=O) groups excluding carboxylic acids is 1. The highest BCUT2D eigenvalue weighted by molar-refractivity contribution is 5.60. The van der Waals surface area contributed by atoms with Crippen LogP contribution < -0.4 is 0 Å². The Morgan fingerprint density at radius 1 is 1.25 bits per heavy atom. The largest absolute Gasteiger partial charge is 0.508 e. The van der Waals surface area contributed by atoms with Gasteiger partial charge in [0.05, 0.1) is 6.61 Å². The van der Waals surface area contributed by atoms with Crippen LogP contribution in [0.1, 0.15) is 54.4 Å². The van der Waals surface area contributed by atoms with Crippen molar-refractivity contribution in [1.82, 2.24) is 0 Å². The minimum atomic E-state index is -0.551. The van der Waals surface area contributed by atoms with Crippen molar-refractivity contribution in [2.24, 2.45) is 11.3 Å². The highest BCUT2D eigenvalue weighted by Crippen LogP contribution is 2.29. The molecule has 96 valence electrons. The Hall–Kier alpha value is -0.730. The van der Waals surface area contributed by atoms with Gasteiger partial charge in [0, 0.05) is 5.41 Å². The zero-order chi connectivity index (χ0) is 12.8. The van der Waals surface area contributed by atoms with E-state index < -0.39 is 6.16 Å². The Kier molecular flexibility index (Phi) is 6.46. The summed E-state index contributed by atoms with van der Waals surface area (Å²) >= 11 is 0. The highest BCUT2D eigenvalue weighted by Gasteiger charge is 2.28. The normalized spacial score (nSPS) is 13.7. The molecule has 1 atom stereocenters. The molecule has 0 amide bonds. The maximum Gasteiger partial charge on any atom is 0.508 e. The van der Waals surface area contributed by atoms with Crippen molar-refractivity contribution in [3.63, 3.8) is 0 Å². The third-order valence-electron chi connectivity index (χ3n) is 2.80. The summed E-state index contributed by atoms with van der Waals surface area (Å²) in [6.07, 6.45) is 1.45. The molecule has 0 aromatic rings. The lowest BCUT2D eigenvalue weighted by Crippen LogP contribution is -2.31. The zero-order valence-corrected chi connectivity index (χ0v) is 11.5. The van der Waals surface area contributed by atoms with Crippen LogP contribution in [0.25, 0.3) is 0 Å². The van der Waals surface area contributed by atoms with Crippen LogP contribution >= 0.6 is 0 Å². The van der Waals surface area contributed by atoms with Crippen molar-refractivity contribution in [3.8, 4) is 0 Å². The van der Waals surface area contributed by atoms with Gasteiger partial charge in [0.25, 0.3) is 0 Å². The number of ether oxygens (including phenoxy) is 2. The molecule has 0 saturated carbocycles. The van der Waals surface area contributed by atoms with Crippen molar-refractivity contribution in [1.29, 1.82) is 0 Å². The molecule has 0 spiro atoms. The second-order valence-corrected chi connectivity index (χ2v) is 5.45. The van der Waals surface area contributed by atoms with Gasteiger partial charge in [0.1, 0.15) is 6.10 Å².